The highest BCUT2D eigenvalue weighted by Gasteiger charge is 1.78. The van der Waals surface area contributed by atoms with Crippen molar-refractivity contribution < 1.29 is 5.48 Å². The van der Waals surface area contributed by atoms with E-state index in [-0.39, 0.29) is 5.48 Å². The molecule has 1 aromatic rings. The zero-order valence-electron chi connectivity index (χ0n) is 6.60. The smallest absolute Gasteiger partial charge is 0.180 e. The van der Waals surface area contributed by atoms with Crippen LogP contribution in [0.15, 0.2) is 30.3 Å². The summed E-state index contributed by atoms with van der Waals surface area (Å²) in [4.78, 5) is 0. The van der Waals surface area contributed by atoms with Gasteiger partial charge in [0.2, 0.25) is 0 Å². The summed E-state index contributed by atoms with van der Waals surface area (Å²) in [5, 5.41) is 0. The molecule has 12 heavy (non-hydrogen) atoms. The summed E-state index contributed by atoms with van der Waals surface area (Å²) in [6, 6.07) is 10.3. The molecule has 0 radical (unpaired) electrons. The Hall–Kier alpha value is 0.0500. The lowest BCUT2D eigenvalue weighted by molar-refractivity contribution is 0.824. The van der Waals surface area contributed by atoms with Crippen molar-refractivity contribution in [1.82, 2.24) is 0 Å². The van der Waals surface area contributed by atoms with Gasteiger partial charge in [0.15, 0.2) is 4.30 Å². The zero-order chi connectivity index (χ0) is 8.69. The van der Waals surface area contributed by atoms with E-state index in [1.54, 1.807) is 0 Å². The van der Waals surface area contributed by atoms with Gasteiger partial charge in [-0.15, -0.1) is 0 Å². The molecule has 1 rings (SSSR count). The Bertz CT molecular complexity index is 174. The molecule has 0 aliphatic heterocycles. The number of hydrogen-bond donors (Lipinski definition) is 0. The summed E-state index contributed by atoms with van der Waals surface area (Å²) in [6.45, 7) is 2.08. The lowest BCUT2D eigenvalue weighted by Gasteiger charge is -1.82. The van der Waals surface area contributed by atoms with Crippen LogP contribution in [0.25, 0.3) is 0 Å². The summed E-state index contributed by atoms with van der Waals surface area (Å²) in [5.41, 5.74) is 1.32. The molecule has 2 N–H and O–H groups in total. The van der Waals surface area contributed by atoms with Crippen LogP contribution >= 0.6 is 34.8 Å². The molecule has 0 atom stereocenters. The fourth-order valence-electron chi connectivity index (χ4n) is 0.534. The molecule has 0 saturated heterocycles. The Balaban J connectivity index is 0. The predicted octanol–water partition coefficient (Wildman–Crippen LogP) is 3.16. The molecule has 1 aromatic carbocycles. The van der Waals surface area contributed by atoms with Crippen molar-refractivity contribution in [2.45, 2.75) is 11.2 Å². The SMILES string of the molecule is Cc1ccccc1.ClC(Cl)Cl.O. The van der Waals surface area contributed by atoms with E-state index in [1.165, 1.54) is 5.56 Å². The molecular formula is C8H11Cl3O. The van der Waals surface area contributed by atoms with Crippen molar-refractivity contribution >= 4 is 34.8 Å². The average molecular weight is 230 g/mol. The van der Waals surface area contributed by atoms with E-state index >= 15 is 0 Å². The topological polar surface area (TPSA) is 31.5 Å². The van der Waals surface area contributed by atoms with Gasteiger partial charge in [0, 0.05) is 0 Å². The van der Waals surface area contributed by atoms with Crippen LogP contribution in [0.1, 0.15) is 5.56 Å². The number of alkyl halides is 3. The molecule has 0 aromatic heterocycles. The first kappa shape index (κ1) is 14.6. The highest BCUT2D eigenvalue weighted by molar-refractivity contribution is 6.63. The Morgan fingerprint density at radius 1 is 1.00 bits per heavy atom. The Morgan fingerprint density at radius 3 is 1.50 bits per heavy atom. The minimum atomic E-state index is -0.750. The monoisotopic (exact) mass is 228 g/mol. The lowest BCUT2D eigenvalue weighted by Crippen LogP contribution is -1.62. The third-order valence-electron chi connectivity index (χ3n) is 0.940. The summed E-state index contributed by atoms with van der Waals surface area (Å²) in [6.07, 6.45) is 0. The number of benzene rings is 1. The quantitative estimate of drug-likeness (QED) is 0.612. The van der Waals surface area contributed by atoms with Gasteiger partial charge in [-0.3, -0.25) is 0 Å². The fraction of sp³-hybridized carbons (Fsp3) is 0.250. The zero-order valence-corrected chi connectivity index (χ0v) is 8.87. The average Bonchev–Trinajstić information content (AvgIpc) is 1.87. The second-order valence-electron chi connectivity index (χ2n) is 1.90. The maximum absolute atomic E-state index is 4.81. The number of aryl methyl sites for hydroxylation is 1. The largest absolute Gasteiger partial charge is 0.412 e. The molecule has 4 heteroatoms. The predicted molar refractivity (Wildman–Crippen MR) is 56.1 cm³/mol. The maximum Gasteiger partial charge on any atom is 0.180 e. The number of rotatable bonds is 0. The summed E-state index contributed by atoms with van der Waals surface area (Å²) < 4.78 is -0.750. The van der Waals surface area contributed by atoms with Crippen molar-refractivity contribution in [3.8, 4) is 0 Å². The van der Waals surface area contributed by atoms with Gasteiger partial charge in [0.1, 0.15) is 0 Å². The van der Waals surface area contributed by atoms with Gasteiger partial charge < -0.3 is 5.48 Å². The molecule has 70 valence electrons. The van der Waals surface area contributed by atoms with Crippen LogP contribution in [0.4, 0.5) is 0 Å². The van der Waals surface area contributed by atoms with Crippen molar-refractivity contribution in [2.75, 3.05) is 0 Å². The normalized spacial score (nSPS) is 8.08. The first-order valence-electron chi connectivity index (χ1n) is 3.07. The van der Waals surface area contributed by atoms with Crippen LogP contribution in [0, 0.1) is 6.92 Å². The van der Waals surface area contributed by atoms with Gasteiger partial charge in [-0.05, 0) is 6.92 Å². The molecule has 0 fully saturated rings. The molecule has 1 nitrogen and oxygen atoms in total. The van der Waals surface area contributed by atoms with Crippen molar-refractivity contribution in [3.05, 3.63) is 35.9 Å². The summed E-state index contributed by atoms with van der Waals surface area (Å²) in [7, 11) is 0. The van der Waals surface area contributed by atoms with E-state index in [1.807, 2.05) is 18.2 Å². The number of hydrogen-bond acceptors (Lipinski definition) is 0. The van der Waals surface area contributed by atoms with Gasteiger partial charge >= 0.3 is 0 Å². The molecular weight excluding hydrogens is 218 g/mol. The minimum absolute atomic E-state index is 0. The van der Waals surface area contributed by atoms with Gasteiger partial charge in [-0.2, -0.15) is 0 Å². The van der Waals surface area contributed by atoms with E-state index in [4.69, 9.17) is 34.8 Å². The van der Waals surface area contributed by atoms with E-state index in [0.29, 0.717) is 0 Å². The molecule has 0 amide bonds. The third kappa shape index (κ3) is 12.7. The van der Waals surface area contributed by atoms with E-state index in [9.17, 15) is 0 Å². The van der Waals surface area contributed by atoms with Crippen LogP contribution in [0.5, 0.6) is 0 Å². The van der Waals surface area contributed by atoms with E-state index in [2.05, 4.69) is 19.1 Å². The van der Waals surface area contributed by atoms with Crippen LogP contribution in [-0.4, -0.2) is 9.77 Å². The number of halogens is 3. The molecule has 0 saturated carbocycles. The molecule has 0 unspecified atom stereocenters. The standard InChI is InChI=1S/C7H8.CHCl3.H2O/c1-7-5-3-2-4-6-7;2-1(3)4;/h2-6H,1H3;1H;1H2. The Kier molecular flexibility index (Phi) is 11.1. The first-order valence-corrected chi connectivity index (χ1v) is 4.37. The molecule has 0 heterocycles. The summed E-state index contributed by atoms with van der Waals surface area (Å²) in [5.74, 6) is 0. The molecule has 0 aliphatic rings. The third-order valence-corrected chi connectivity index (χ3v) is 0.940. The molecule has 0 spiro atoms. The van der Waals surface area contributed by atoms with Gasteiger partial charge in [-0.25, -0.2) is 0 Å². The van der Waals surface area contributed by atoms with Crippen molar-refractivity contribution in [3.63, 3.8) is 0 Å². The van der Waals surface area contributed by atoms with Crippen molar-refractivity contribution in [2.24, 2.45) is 0 Å². The van der Waals surface area contributed by atoms with Crippen LogP contribution in [0.3, 0.4) is 0 Å². The van der Waals surface area contributed by atoms with E-state index < -0.39 is 4.30 Å². The second-order valence-corrected chi connectivity index (χ2v) is 3.88. The van der Waals surface area contributed by atoms with Crippen LogP contribution in [0.2, 0.25) is 0 Å². The van der Waals surface area contributed by atoms with Crippen molar-refractivity contribution in [1.29, 1.82) is 0 Å². The summed E-state index contributed by atoms with van der Waals surface area (Å²) >= 11 is 14.4. The second kappa shape index (κ2) is 9.14. The minimum Gasteiger partial charge on any atom is -0.412 e. The first-order chi connectivity index (χ1) is 5.13. The fourth-order valence-corrected chi connectivity index (χ4v) is 0.534. The van der Waals surface area contributed by atoms with E-state index in [0.717, 1.165) is 0 Å². The molecule has 0 bridgehead atoms. The van der Waals surface area contributed by atoms with Gasteiger partial charge in [0.05, 0.1) is 0 Å². The highest BCUT2D eigenvalue weighted by Crippen LogP contribution is 2.03. The van der Waals surface area contributed by atoms with Gasteiger partial charge in [0.25, 0.3) is 0 Å². The van der Waals surface area contributed by atoms with Gasteiger partial charge in [-0.1, -0.05) is 70.7 Å². The Labute approximate surface area is 87.6 Å². The highest BCUT2D eigenvalue weighted by atomic mass is 35.6. The van der Waals surface area contributed by atoms with Crippen LogP contribution < -0.4 is 0 Å². The van der Waals surface area contributed by atoms with Crippen LogP contribution in [-0.2, 0) is 0 Å². The Morgan fingerprint density at radius 2 is 1.33 bits per heavy atom. The maximum atomic E-state index is 4.81. The lowest BCUT2D eigenvalue weighted by atomic mass is 10.2. The molecule has 0 aliphatic carbocycles.